The van der Waals surface area contributed by atoms with E-state index in [9.17, 15) is 0 Å². The summed E-state index contributed by atoms with van der Waals surface area (Å²) < 4.78 is 0. The molecule has 56 valence electrons. The molecular weight excluding hydrogens is 146 g/mol. The van der Waals surface area contributed by atoms with E-state index < -0.39 is 0 Å². The zero-order valence-corrected chi connectivity index (χ0v) is 7.10. The molecule has 0 saturated carbocycles. The minimum absolute atomic E-state index is 0.579. The lowest BCUT2D eigenvalue weighted by Crippen LogP contribution is -1.78. The number of halogens is 1. The van der Waals surface area contributed by atoms with Gasteiger partial charge in [0.15, 0.2) is 0 Å². The maximum Gasteiger partial charge on any atom is 0.123 e. The van der Waals surface area contributed by atoms with Crippen molar-refractivity contribution in [1.29, 1.82) is 0 Å². The van der Waals surface area contributed by atoms with Crippen molar-refractivity contribution in [3.63, 3.8) is 0 Å². The monoisotopic (exact) mass is 157 g/mol. The maximum atomic E-state index is 5.54. The first-order valence-electron chi connectivity index (χ1n) is 3.43. The van der Waals surface area contributed by atoms with Crippen LogP contribution in [0.5, 0.6) is 0 Å². The van der Waals surface area contributed by atoms with E-state index in [4.69, 9.17) is 11.6 Å². The molecule has 10 heavy (non-hydrogen) atoms. The zero-order chi connectivity index (χ0) is 7.82. The SMILES string of the molecule is CC.ClC1=NCC=CC=C1. The van der Waals surface area contributed by atoms with Crippen LogP contribution in [0.2, 0.25) is 0 Å². The van der Waals surface area contributed by atoms with Crippen LogP contribution in [-0.4, -0.2) is 11.7 Å². The molecule has 0 aromatic heterocycles. The van der Waals surface area contributed by atoms with Crippen LogP contribution < -0.4 is 0 Å². The van der Waals surface area contributed by atoms with Crippen LogP contribution in [0.4, 0.5) is 0 Å². The van der Waals surface area contributed by atoms with Crippen molar-refractivity contribution < 1.29 is 0 Å². The summed E-state index contributed by atoms with van der Waals surface area (Å²) in [5, 5.41) is 0.579. The van der Waals surface area contributed by atoms with Gasteiger partial charge in [0.1, 0.15) is 5.17 Å². The Morgan fingerprint density at radius 1 is 1.40 bits per heavy atom. The molecule has 1 rings (SSSR count). The van der Waals surface area contributed by atoms with Gasteiger partial charge in [0.05, 0.1) is 6.54 Å². The van der Waals surface area contributed by atoms with Gasteiger partial charge < -0.3 is 0 Å². The average Bonchev–Trinajstić information content (AvgIpc) is 2.21. The van der Waals surface area contributed by atoms with Crippen molar-refractivity contribution in [3.05, 3.63) is 24.3 Å². The predicted molar refractivity (Wildman–Crippen MR) is 47.8 cm³/mol. The van der Waals surface area contributed by atoms with Crippen LogP contribution in [0.25, 0.3) is 0 Å². The average molecular weight is 158 g/mol. The van der Waals surface area contributed by atoms with E-state index in [1.165, 1.54) is 0 Å². The Labute approximate surface area is 67.1 Å². The van der Waals surface area contributed by atoms with Gasteiger partial charge in [-0.2, -0.15) is 0 Å². The summed E-state index contributed by atoms with van der Waals surface area (Å²) in [6.07, 6.45) is 7.52. The molecule has 0 atom stereocenters. The summed E-state index contributed by atoms with van der Waals surface area (Å²) in [6, 6.07) is 0. The summed E-state index contributed by atoms with van der Waals surface area (Å²) in [4.78, 5) is 3.93. The molecule has 0 bridgehead atoms. The molecule has 0 amide bonds. The topological polar surface area (TPSA) is 12.4 Å². The molecule has 0 aromatic carbocycles. The van der Waals surface area contributed by atoms with Crippen molar-refractivity contribution in [1.82, 2.24) is 0 Å². The van der Waals surface area contributed by atoms with Crippen molar-refractivity contribution in [2.75, 3.05) is 6.54 Å². The number of hydrogen-bond acceptors (Lipinski definition) is 1. The van der Waals surface area contributed by atoms with Crippen LogP contribution in [0.1, 0.15) is 13.8 Å². The molecule has 1 aliphatic rings. The van der Waals surface area contributed by atoms with Gasteiger partial charge in [-0.1, -0.05) is 43.7 Å². The van der Waals surface area contributed by atoms with Crippen LogP contribution in [0, 0.1) is 0 Å². The molecule has 0 spiro atoms. The van der Waals surface area contributed by atoms with Gasteiger partial charge in [-0.3, -0.25) is 4.99 Å². The molecule has 0 unspecified atom stereocenters. The molecule has 1 nitrogen and oxygen atoms in total. The summed E-state index contributed by atoms with van der Waals surface area (Å²) in [6.45, 7) is 4.70. The molecule has 0 radical (unpaired) electrons. The van der Waals surface area contributed by atoms with Gasteiger partial charge >= 0.3 is 0 Å². The fourth-order valence-corrected chi connectivity index (χ4v) is 0.609. The van der Waals surface area contributed by atoms with Crippen LogP contribution in [0.15, 0.2) is 29.3 Å². The van der Waals surface area contributed by atoms with Crippen molar-refractivity contribution in [2.45, 2.75) is 13.8 Å². The zero-order valence-electron chi connectivity index (χ0n) is 6.34. The molecule has 0 aliphatic carbocycles. The van der Waals surface area contributed by atoms with E-state index in [0.717, 1.165) is 0 Å². The molecule has 1 heterocycles. The van der Waals surface area contributed by atoms with Crippen LogP contribution in [-0.2, 0) is 0 Å². The Hall–Kier alpha value is -0.560. The van der Waals surface area contributed by atoms with E-state index in [1.807, 2.05) is 32.1 Å². The molecule has 1 aliphatic heterocycles. The number of nitrogens with zero attached hydrogens (tertiary/aromatic N) is 1. The molecule has 0 fully saturated rings. The quantitative estimate of drug-likeness (QED) is 0.513. The number of rotatable bonds is 0. The highest BCUT2D eigenvalue weighted by Gasteiger charge is 1.84. The second kappa shape index (κ2) is 6.56. The first-order chi connectivity index (χ1) is 4.89. The Balaban J connectivity index is 0.000000371. The first kappa shape index (κ1) is 9.44. The van der Waals surface area contributed by atoms with Crippen LogP contribution >= 0.6 is 11.6 Å². The van der Waals surface area contributed by atoms with Gasteiger partial charge in [-0.25, -0.2) is 0 Å². The number of aliphatic imine (C=N–C) groups is 1. The highest BCUT2D eigenvalue weighted by atomic mass is 35.5. The summed E-state index contributed by atoms with van der Waals surface area (Å²) in [5.74, 6) is 0. The smallest absolute Gasteiger partial charge is 0.123 e. The third kappa shape index (κ3) is 4.33. The lowest BCUT2D eigenvalue weighted by atomic mass is 10.5. The lowest BCUT2D eigenvalue weighted by molar-refractivity contribution is 1.26. The molecular formula is C8H12ClN. The van der Waals surface area contributed by atoms with E-state index in [0.29, 0.717) is 11.7 Å². The normalized spacial score (nSPS) is 14.9. The lowest BCUT2D eigenvalue weighted by Gasteiger charge is -1.80. The third-order valence-electron chi connectivity index (χ3n) is 0.829. The van der Waals surface area contributed by atoms with Gasteiger partial charge in [-0.05, 0) is 6.08 Å². The summed E-state index contributed by atoms with van der Waals surface area (Å²) in [5.41, 5.74) is 0. The molecule has 0 saturated heterocycles. The van der Waals surface area contributed by atoms with E-state index in [-0.39, 0.29) is 0 Å². The molecule has 0 N–H and O–H groups in total. The van der Waals surface area contributed by atoms with Gasteiger partial charge in [0, 0.05) is 0 Å². The van der Waals surface area contributed by atoms with E-state index >= 15 is 0 Å². The fraction of sp³-hybridized carbons (Fsp3) is 0.375. The molecule has 2 heteroatoms. The molecule has 0 aromatic rings. The Morgan fingerprint density at radius 3 is 2.80 bits per heavy atom. The second-order valence-corrected chi connectivity index (χ2v) is 1.84. The fourth-order valence-electron chi connectivity index (χ4n) is 0.467. The Kier molecular flexibility index (Phi) is 6.19. The van der Waals surface area contributed by atoms with Crippen molar-refractivity contribution in [2.24, 2.45) is 4.99 Å². The van der Waals surface area contributed by atoms with Crippen LogP contribution in [0.3, 0.4) is 0 Å². The van der Waals surface area contributed by atoms with E-state index in [2.05, 4.69) is 4.99 Å². The Bertz CT molecular complexity index is 154. The third-order valence-corrected chi connectivity index (χ3v) is 1.07. The van der Waals surface area contributed by atoms with E-state index in [1.54, 1.807) is 6.08 Å². The highest BCUT2D eigenvalue weighted by molar-refractivity contribution is 6.68. The summed E-state index contributed by atoms with van der Waals surface area (Å²) >= 11 is 5.54. The van der Waals surface area contributed by atoms with Gasteiger partial charge in [0.2, 0.25) is 0 Å². The maximum absolute atomic E-state index is 5.54. The minimum atomic E-state index is 0.579. The Morgan fingerprint density at radius 2 is 2.10 bits per heavy atom. The first-order valence-corrected chi connectivity index (χ1v) is 3.80. The largest absolute Gasteiger partial charge is 0.269 e. The van der Waals surface area contributed by atoms with Gasteiger partial charge in [0.25, 0.3) is 0 Å². The standard InChI is InChI=1S/C6H6ClN.C2H6/c7-6-4-2-1-3-5-8-6;1-2/h1-4H,5H2;1-2H3. The van der Waals surface area contributed by atoms with Gasteiger partial charge in [-0.15, -0.1) is 0 Å². The number of hydrogen-bond donors (Lipinski definition) is 0. The minimum Gasteiger partial charge on any atom is -0.269 e. The second-order valence-electron chi connectivity index (χ2n) is 1.45. The predicted octanol–water partition coefficient (Wildman–Crippen LogP) is 2.78. The van der Waals surface area contributed by atoms with Crippen molar-refractivity contribution >= 4 is 16.8 Å². The summed E-state index contributed by atoms with van der Waals surface area (Å²) in [7, 11) is 0. The highest BCUT2D eigenvalue weighted by Crippen LogP contribution is 1.93. The number of allylic oxidation sites excluding steroid dienone is 3. The van der Waals surface area contributed by atoms with Crippen molar-refractivity contribution in [3.8, 4) is 0 Å².